The predicted octanol–water partition coefficient (Wildman–Crippen LogP) is 0.727. The van der Waals surface area contributed by atoms with E-state index in [0.29, 0.717) is 6.54 Å². The second-order valence-corrected chi connectivity index (χ2v) is 3.63. The zero-order chi connectivity index (χ0) is 10.5. The molecule has 2 rings (SSSR count). The van der Waals surface area contributed by atoms with Gasteiger partial charge in [0.15, 0.2) is 0 Å². The Morgan fingerprint density at radius 2 is 2.13 bits per heavy atom. The van der Waals surface area contributed by atoms with E-state index in [4.69, 9.17) is 5.26 Å². The fourth-order valence-corrected chi connectivity index (χ4v) is 1.80. The van der Waals surface area contributed by atoms with Crippen LogP contribution in [0.2, 0.25) is 0 Å². The molecule has 0 atom stereocenters. The molecular weight excluding hydrogens is 188 g/mol. The third kappa shape index (κ3) is 2.45. The minimum absolute atomic E-state index is 0.543. The zero-order valence-electron chi connectivity index (χ0n) is 8.63. The molecule has 1 aromatic rings. The molecule has 4 nitrogen and oxygen atoms in total. The van der Waals surface area contributed by atoms with Crippen molar-refractivity contribution < 1.29 is 0 Å². The Morgan fingerprint density at radius 1 is 1.33 bits per heavy atom. The van der Waals surface area contributed by atoms with E-state index in [-0.39, 0.29) is 0 Å². The molecule has 1 aromatic heterocycles. The third-order valence-electron chi connectivity index (χ3n) is 2.68. The Hall–Kier alpha value is -1.60. The van der Waals surface area contributed by atoms with E-state index in [9.17, 15) is 0 Å². The van der Waals surface area contributed by atoms with Crippen LogP contribution in [-0.2, 0) is 0 Å². The lowest BCUT2D eigenvalue weighted by molar-refractivity contribution is 0.287. The molecule has 0 N–H and O–H groups in total. The highest BCUT2D eigenvalue weighted by Gasteiger charge is 2.16. The van der Waals surface area contributed by atoms with Crippen LogP contribution in [0.15, 0.2) is 24.5 Å². The topological polar surface area (TPSA) is 43.2 Å². The van der Waals surface area contributed by atoms with E-state index in [0.717, 1.165) is 26.2 Å². The van der Waals surface area contributed by atoms with Crippen molar-refractivity contribution in [2.75, 3.05) is 37.6 Å². The summed E-state index contributed by atoms with van der Waals surface area (Å²) in [6, 6.07) is 6.22. The van der Waals surface area contributed by atoms with Gasteiger partial charge in [0, 0.05) is 32.4 Å². The monoisotopic (exact) mass is 202 g/mol. The molecule has 0 aliphatic carbocycles. The van der Waals surface area contributed by atoms with Crippen molar-refractivity contribution in [1.82, 2.24) is 9.88 Å². The summed E-state index contributed by atoms with van der Waals surface area (Å²) >= 11 is 0. The molecule has 1 aliphatic rings. The number of hydrogen-bond donors (Lipinski definition) is 0. The van der Waals surface area contributed by atoms with Crippen molar-refractivity contribution in [3.63, 3.8) is 0 Å². The number of anilines is 1. The van der Waals surface area contributed by atoms with Crippen molar-refractivity contribution in [1.29, 1.82) is 5.26 Å². The Labute approximate surface area is 89.7 Å². The maximum absolute atomic E-state index is 8.59. The second kappa shape index (κ2) is 4.76. The molecule has 0 radical (unpaired) electrons. The van der Waals surface area contributed by atoms with Gasteiger partial charge in [0.25, 0.3) is 0 Å². The molecule has 0 unspecified atom stereocenters. The van der Waals surface area contributed by atoms with Gasteiger partial charge in [0.1, 0.15) is 0 Å². The molecule has 0 spiro atoms. The van der Waals surface area contributed by atoms with E-state index < -0.39 is 0 Å². The maximum atomic E-state index is 8.59. The van der Waals surface area contributed by atoms with E-state index >= 15 is 0 Å². The van der Waals surface area contributed by atoms with E-state index in [2.05, 4.69) is 26.9 Å². The molecule has 0 amide bonds. The quantitative estimate of drug-likeness (QED) is 0.663. The van der Waals surface area contributed by atoms with Crippen LogP contribution in [0.5, 0.6) is 0 Å². The van der Waals surface area contributed by atoms with Crippen molar-refractivity contribution in [2.45, 2.75) is 0 Å². The zero-order valence-corrected chi connectivity index (χ0v) is 8.63. The van der Waals surface area contributed by atoms with Crippen molar-refractivity contribution in [3.8, 4) is 6.07 Å². The van der Waals surface area contributed by atoms with Gasteiger partial charge in [0.05, 0.1) is 24.5 Å². The lowest BCUT2D eigenvalue weighted by Gasteiger charge is -2.34. The summed E-state index contributed by atoms with van der Waals surface area (Å²) in [5.74, 6) is 0. The van der Waals surface area contributed by atoms with Gasteiger partial charge in [-0.1, -0.05) is 0 Å². The largest absolute Gasteiger partial charge is 0.368 e. The normalized spacial score (nSPS) is 17.4. The highest BCUT2D eigenvalue weighted by atomic mass is 15.3. The average molecular weight is 202 g/mol. The van der Waals surface area contributed by atoms with E-state index in [1.54, 1.807) is 6.20 Å². The molecule has 0 aromatic carbocycles. The minimum Gasteiger partial charge on any atom is -0.368 e. The second-order valence-electron chi connectivity index (χ2n) is 3.63. The van der Waals surface area contributed by atoms with Crippen LogP contribution in [0.4, 0.5) is 5.69 Å². The van der Waals surface area contributed by atoms with Gasteiger partial charge in [-0.2, -0.15) is 5.26 Å². The summed E-state index contributed by atoms with van der Waals surface area (Å²) in [7, 11) is 0. The molecule has 1 fully saturated rings. The summed E-state index contributed by atoms with van der Waals surface area (Å²) in [4.78, 5) is 8.59. The molecule has 0 bridgehead atoms. The van der Waals surface area contributed by atoms with Gasteiger partial charge in [-0.25, -0.2) is 0 Å². The molecule has 78 valence electrons. The fraction of sp³-hybridized carbons (Fsp3) is 0.455. The molecule has 2 heterocycles. The lowest BCUT2D eigenvalue weighted by Crippen LogP contribution is -2.46. The third-order valence-corrected chi connectivity index (χ3v) is 2.68. The number of nitriles is 1. The summed E-state index contributed by atoms with van der Waals surface area (Å²) in [5, 5.41) is 8.59. The van der Waals surface area contributed by atoms with Gasteiger partial charge in [-0.05, 0) is 12.1 Å². The number of nitrogens with zero attached hydrogens (tertiary/aromatic N) is 4. The number of piperazine rings is 1. The number of pyridine rings is 1. The van der Waals surface area contributed by atoms with Gasteiger partial charge in [0.2, 0.25) is 0 Å². The molecule has 1 saturated heterocycles. The molecule has 4 heteroatoms. The number of rotatable bonds is 2. The SMILES string of the molecule is N#CCN1CCN(c2cccnc2)CC1. The highest BCUT2D eigenvalue weighted by molar-refractivity contribution is 5.44. The van der Waals surface area contributed by atoms with E-state index in [1.165, 1.54) is 5.69 Å². The minimum atomic E-state index is 0.543. The molecule has 0 saturated carbocycles. The van der Waals surface area contributed by atoms with Crippen LogP contribution < -0.4 is 4.90 Å². The van der Waals surface area contributed by atoms with Crippen LogP contribution in [0.1, 0.15) is 0 Å². The Kier molecular flexibility index (Phi) is 3.15. The predicted molar refractivity (Wildman–Crippen MR) is 58.5 cm³/mol. The maximum Gasteiger partial charge on any atom is 0.0867 e. The van der Waals surface area contributed by atoms with Gasteiger partial charge in [-0.15, -0.1) is 0 Å². The van der Waals surface area contributed by atoms with Crippen LogP contribution in [0.3, 0.4) is 0 Å². The highest BCUT2D eigenvalue weighted by Crippen LogP contribution is 2.13. The van der Waals surface area contributed by atoms with Crippen molar-refractivity contribution in [2.24, 2.45) is 0 Å². The summed E-state index contributed by atoms with van der Waals surface area (Å²) in [6.45, 7) is 4.42. The lowest BCUT2D eigenvalue weighted by atomic mass is 10.3. The first-order valence-corrected chi connectivity index (χ1v) is 5.14. The molecule has 1 aliphatic heterocycles. The van der Waals surface area contributed by atoms with E-state index in [1.807, 2.05) is 12.3 Å². The summed E-state index contributed by atoms with van der Waals surface area (Å²) < 4.78 is 0. The number of hydrogen-bond acceptors (Lipinski definition) is 4. The fourth-order valence-electron chi connectivity index (χ4n) is 1.80. The number of aromatic nitrogens is 1. The summed E-state index contributed by atoms with van der Waals surface area (Å²) in [5.41, 5.74) is 1.18. The van der Waals surface area contributed by atoms with Gasteiger partial charge in [-0.3, -0.25) is 9.88 Å². The standard InChI is InChI=1S/C11H14N4/c12-3-5-14-6-8-15(9-7-14)11-2-1-4-13-10-11/h1-2,4,10H,5-9H2. The first-order chi connectivity index (χ1) is 7.40. The average Bonchev–Trinajstić information content (AvgIpc) is 2.32. The Morgan fingerprint density at radius 3 is 2.73 bits per heavy atom. The Bertz CT molecular complexity index is 335. The summed E-state index contributed by atoms with van der Waals surface area (Å²) in [6.07, 6.45) is 3.68. The molecule has 15 heavy (non-hydrogen) atoms. The van der Waals surface area contributed by atoms with Gasteiger partial charge < -0.3 is 4.90 Å². The molecular formula is C11H14N4. The van der Waals surface area contributed by atoms with Crippen LogP contribution in [0.25, 0.3) is 0 Å². The smallest absolute Gasteiger partial charge is 0.0867 e. The van der Waals surface area contributed by atoms with Gasteiger partial charge >= 0.3 is 0 Å². The van der Waals surface area contributed by atoms with Crippen molar-refractivity contribution in [3.05, 3.63) is 24.5 Å². The Balaban J connectivity index is 1.92. The van der Waals surface area contributed by atoms with Crippen molar-refractivity contribution >= 4 is 5.69 Å². The first kappa shape index (κ1) is 9.94. The van der Waals surface area contributed by atoms with Crippen LogP contribution in [-0.4, -0.2) is 42.6 Å². The van der Waals surface area contributed by atoms with Crippen LogP contribution in [0, 0.1) is 11.3 Å². The first-order valence-electron chi connectivity index (χ1n) is 5.14. The van der Waals surface area contributed by atoms with Crippen LogP contribution >= 0.6 is 0 Å².